The summed E-state index contributed by atoms with van der Waals surface area (Å²) in [5.74, 6) is -1.75. The van der Waals surface area contributed by atoms with Gasteiger partial charge in [-0.15, -0.1) is 0 Å². The molecule has 3 nitrogen and oxygen atoms in total. The third kappa shape index (κ3) is 4.29. The molecule has 0 bridgehead atoms. The number of rotatable bonds is 6. The van der Waals surface area contributed by atoms with Gasteiger partial charge in [-0.2, -0.15) is 0 Å². The standard InChI is InChI=1S/C11H14BrF2NO2S/c1-8(3-2-6-12)15-18(16,17)11-7-9(13)4-5-10(11)14/h4-5,7-8,15H,2-3,6H2,1H3. The Bertz CT molecular complexity index is 508. The number of halogens is 3. The highest BCUT2D eigenvalue weighted by Crippen LogP contribution is 2.16. The Morgan fingerprint density at radius 1 is 1.39 bits per heavy atom. The molecule has 1 rings (SSSR count). The molecule has 0 saturated carbocycles. The van der Waals surface area contributed by atoms with E-state index in [-0.39, 0.29) is 6.04 Å². The van der Waals surface area contributed by atoms with E-state index in [0.29, 0.717) is 12.5 Å². The Morgan fingerprint density at radius 2 is 2.06 bits per heavy atom. The number of benzene rings is 1. The highest BCUT2D eigenvalue weighted by atomic mass is 79.9. The van der Waals surface area contributed by atoms with Crippen molar-refractivity contribution in [2.75, 3.05) is 5.33 Å². The fraction of sp³-hybridized carbons (Fsp3) is 0.455. The highest BCUT2D eigenvalue weighted by Gasteiger charge is 2.21. The molecular formula is C11H14BrF2NO2S. The predicted molar refractivity (Wildman–Crippen MR) is 69.2 cm³/mol. The van der Waals surface area contributed by atoms with Crippen molar-refractivity contribution >= 4 is 26.0 Å². The summed E-state index contributed by atoms with van der Waals surface area (Å²) in [6, 6.07) is 2.01. The lowest BCUT2D eigenvalue weighted by Crippen LogP contribution is -2.33. The molecule has 0 radical (unpaired) electrons. The molecule has 0 heterocycles. The minimum absolute atomic E-state index is 0.338. The summed E-state index contributed by atoms with van der Waals surface area (Å²) in [6.45, 7) is 1.68. The number of nitrogens with one attached hydrogen (secondary N) is 1. The monoisotopic (exact) mass is 341 g/mol. The van der Waals surface area contributed by atoms with Crippen molar-refractivity contribution < 1.29 is 17.2 Å². The first kappa shape index (κ1) is 15.5. The Kier molecular flexibility index (Phi) is 5.68. The van der Waals surface area contributed by atoms with Crippen molar-refractivity contribution in [3.05, 3.63) is 29.8 Å². The Balaban J connectivity index is 2.89. The van der Waals surface area contributed by atoms with E-state index in [1.807, 2.05) is 0 Å². The van der Waals surface area contributed by atoms with Crippen LogP contribution in [0.2, 0.25) is 0 Å². The van der Waals surface area contributed by atoms with Gasteiger partial charge >= 0.3 is 0 Å². The van der Waals surface area contributed by atoms with Crippen molar-refractivity contribution in [3.8, 4) is 0 Å². The van der Waals surface area contributed by atoms with Crippen LogP contribution in [0.4, 0.5) is 8.78 Å². The Labute approximate surface area is 114 Å². The van der Waals surface area contributed by atoms with Crippen LogP contribution in [0.1, 0.15) is 19.8 Å². The van der Waals surface area contributed by atoms with E-state index in [9.17, 15) is 17.2 Å². The minimum atomic E-state index is -4.02. The van der Waals surface area contributed by atoms with Crippen LogP contribution in [0.25, 0.3) is 0 Å². The van der Waals surface area contributed by atoms with E-state index in [1.165, 1.54) is 0 Å². The van der Waals surface area contributed by atoms with Gasteiger partial charge in [-0.3, -0.25) is 0 Å². The van der Waals surface area contributed by atoms with Crippen LogP contribution in [0, 0.1) is 11.6 Å². The Hall–Kier alpha value is -0.530. The van der Waals surface area contributed by atoms with Crippen LogP contribution < -0.4 is 4.72 Å². The van der Waals surface area contributed by atoms with Gasteiger partial charge in [0.15, 0.2) is 0 Å². The van der Waals surface area contributed by atoms with Crippen molar-refractivity contribution in [1.82, 2.24) is 4.72 Å². The molecule has 1 N–H and O–H groups in total. The van der Waals surface area contributed by atoms with Crippen LogP contribution >= 0.6 is 15.9 Å². The molecule has 0 spiro atoms. The second-order valence-corrected chi connectivity index (χ2v) is 6.40. The zero-order valence-corrected chi connectivity index (χ0v) is 12.2. The molecule has 102 valence electrons. The quantitative estimate of drug-likeness (QED) is 0.808. The number of hydrogen-bond acceptors (Lipinski definition) is 2. The van der Waals surface area contributed by atoms with E-state index in [0.717, 1.165) is 23.9 Å². The lowest BCUT2D eigenvalue weighted by molar-refractivity contribution is 0.526. The average Bonchev–Trinajstić information content (AvgIpc) is 2.29. The van der Waals surface area contributed by atoms with Gasteiger partial charge in [-0.05, 0) is 38.0 Å². The van der Waals surface area contributed by atoms with Crippen LogP contribution in [-0.2, 0) is 10.0 Å². The lowest BCUT2D eigenvalue weighted by atomic mass is 10.2. The molecule has 0 aliphatic carbocycles. The van der Waals surface area contributed by atoms with Crippen LogP contribution in [0.5, 0.6) is 0 Å². The second-order valence-electron chi connectivity index (χ2n) is 3.93. The molecular weight excluding hydrogens is 328 g/mol. The fourth-order valence-corrected chi connectivity index (χ4v) is 3.14. The first-order valence-corrected chi connectivity index (χ1v) is 8.00. The van der Waals surface area contributed by atoms with Gasteiger partial charge in [-0.1, -0.05) is 15.9 Å². The Morgan fingerprint density at radius 3 is 2.67 bits per heavy atom. The molecule has 18 heavy (non-hydrogen) atoms. The molecule has 0 aliphatic rings. The molecule has 1 unspecified atom stereocenters. The van der Waals surface area contributed by atoms with Gasteiger partial charge in [-0.25, -0.2) is 21.9 Å². The summed E-state index contributed by atoms with van der Waals surface area (Å²) < 4.78 is 52.3. The van der Waals surface area contributed by atoms with E-state index >= 15 is 0 Å². The van der Waals surface area contributed by atoms with Crippen molar-refractivity contribution in [3.63, 3.8) is 0 Å². The van der Waals surface area contributed by atoms with Crippen LogP contribution in [0.15, 0.2) is 23.1 Å². The lowest BCUT2D eigenvalue weighted by Gasteiger charge is -2.14. The minimum Gasteiger partial charge on any atom is -0.208 e. The predicted octanol–water partition coefficient (Wildman–Crippen LogP) is 2.81. The molecule has 1 aromatic rings. The summed E-state index contributed by atoms with van der Waals surface area (Å²) in [6.07, 6.45) is 1.40. The summed E-state index contributed by atoms with van der Waals surface area (Å²) in [5.41, 5.74) is 0. The number of sulfonamides is 1. The molecule has 0 aliphatic heterocycles. The van der Waals surface area contributed by atoms with E-state index in [1.54, 1.807) is 6.92 Å². The number of hydrogen-bond donors (Lipinski definition) is 1. The molecule has 7 heteroatoms. The van der Waals surface area contributed by atoms with Gasteiger partial charge in [0.25, 0.3) is 0 Å². The molecule has 0 amide bonds. The van der Waals surface area contributed by atoms with E-state index in [4.69, 9.17) is 0 Å². The van der Waals surface area contributed by atoms with E-state index < -0.39 is 26.6 Å². The summed E-state index contributed by atoms with van der Waals surface area (Å²) >= 11 is 3.24. The van der Waals surface area contributed by atoms with Crippen LogP contribution in [0.3, 0.4) is 0 Å². The topological polar surface area (TPSA) is 46.2 Å². The van der Waals surface area contributed by atoms with Gasteiger partial charge in [0.1, 0.15) is 16.5 Å². The second kappa shape index (κ2) is 6.58. The molecule has 0 aromatic heterocycles. The largest absolute Gasteiger partial charge is 0.243 e. The molecule has 1 atom stereocenters. The summed E-state index contributed by atoms with van der Waals surface area (Å²) in [5, 5.41) is 0.757. The first-order valence-electron chi connectivity index (χ1n) is 5.40. The van der Waals surface area contributed by atoms with Crippen LogP contribution in [-0.4, -0.2) is 19.8 Å². The third-order valence-electron chi connectivity index (χ3n) is 2.31. The summed E-state index contributed by atoms with van der Waals surface area (Å²) in [4.78, 5) is -0.659. The van der Waals surface area contributed by atoms with Crippen molar-refractivity contribution in [2.45, 2.75) is 30.7 Å². The van der Waals surface area contributed by atoms with Gasteiger partial charge in [0.05, 0.1) is 0 Å². The molecule has 0 saturated heterocycles. The zero-order chi connectivity index (χ0) is 13.8. The third-order valence-corrected chi connectivity index (χ3v) is 4.48. The smallest absolute Gasteiger partial charge is 0.208 e. The maximum atomic E-state index is 13.4. The number of alkyl halides is 1. The van der Waals surface area contributed by atoms with Crippen molar-refractivity contribution in [1.29, 1.82) is 0 Å². The van der Waals surface area contributed by atoms with Crippen molar-refractivity contribution in [2.24, 2.45) is 0 Å². The first-order chi connectivity index (χ1) is 8.36. The SMILES string of the molecule is CC(CCCBr)NS(=O)(=O)c1cc(F)ccc1F. The highest BCUT2D eigenvalue weighted by molar-refractivity contribution is 9.09. The fourth-order valence-electron chi connectivity index (χ4n) is 1.45. The molecule has 1 aromatic carbocycles. The van der Waals surface area contributed by atoms with Gasteiger partial charge in [0.2, 0.25) is 10.0 Å². The van der Waals surface area contributed by atoms with Gasteiger partial charge < -0.3 is 0 Å². The van der Waals surface area contributed by atoms with Gasteiger partial charge in [0, 0.05) is 11.4 Å². The van der Waals surface area contributed by atoms with E-state index in [2.05, 4.69) is 20.7 Å². The molecule has 0 fully saturated rings. The summed E-state index contributed by atoms with van der Waals surface area (Å²) in [7, 11) is -4.02. The maximum absolute atomic E-state index is 13.4. The average molecular weight is 342 g/mol. The maximum Gasteiger partial charge on any atom is 0.243 e. The zero-order valence-electron chi connectivity index (χ0n) is 9.79. The normalized spacial score (nSPS) is 13.6.